The Hall–Kier alpha value is -1.51. The van der Waals surface area contributed by atoms with Gasteiger partial charge in [0.15, 0.2) is 5.96 Å². The van der Waals surface area contributed by atoms with Crippen molar-refractivity contribution in [2.75, 3.05) is 11.9 Å². The third-order valence-corrected chi connectivity index (χ3v) is 2.75. The van der Waals surface area contributed by atoms with E-state index in [-0.39, 0.29) is 36.0 Å². The third kappa shape index (κ3) is 9.98. The van der Waals surface area contributed by atoms with Crippen LogP contribution >= 0.6 is 24.0 Å². The first-order valence-electron chi connectivity index (χ1n) is 7.57. The first-order chi connectivity index (χ1) is 10.4. The molecule has 5 N–H and O–H groups in total. The second-order valence-corrected chi connectivity index (χ2v) is 5.93. The lowest BCUT2D eigenvalue weighted by molar-refractivity contribution is 0.250. The number of nitrogens with one attached hydrogen (secondary N) is 3. The summed E-state index contributed by atoms with van der Waals surface area (Å²) in [4.78, 5) is 15.9. The van der Waals surface area contributed by atoms with E-state index in [0.29, 0.717) is 18.4 Å². The lowest BCUT2D eigenvalue weighted by Gasteiger charge is -2.10. The second-order valence-electron chi connectivity index (χ2n) is 5.93. The molecule has 0 fully saturated rings. The SMILES string of the molecule is CC(C)CNC(N)=NCc1ccc(NC(=O)NC(C)C)cc1.I. The maximum Gasteiger partial charge on any atom is 0.319 e. The zero-order valence-corrected chi connectivity index (χ0v) is 16.5. The summed E-state index contributed by atoms with van der Waals surface area (Å²) in [6.07, 6.45) is 0. The van der Waals surface area contributed by atoms with Gasteiger partial charge in [-0.1, -0.05) is 26.0 Å². The average molecular weight is 433 g/mol. The summed E-state index contributed by atoms with van der Waals surface area (Å²) in [5.74, 6) is 0.975. The van der Waals surface area contributed by atoms with Crippen molar-refractivity contribution in [2.24, 2.45) is 16.6 Å². The number of amides is 2. The van der Waals surface area contributed by atoms with Gasteiger partial charge in [-0.3, -0.25) is 0 Å². The minimum absolute atomic E-state index is 0. The summed E-state index contributed by atoms with van der Waals surface area (Å²) in [6, 6.07) is 7.44. The van der Waals surface area contributed by atoms with Crippen LogP contribution in [0.4, 0.5) is 10.5 Å². The molecule has 130 valence electrons. The van der Waals surface area contributed by atoms with E-state index in [2.05, 4.69) is 34.8 Å². The van der Waals surface area contributed by atoms with Gasteiger partial charge in [0.25, 0.3) is 0 Å². The van der Waals surface area contributed by atoms with Gasteiger partial charge in [0.05, 0.1) is 6.54 Å². The smallest absolute Gasteiger partial charge is 0.319 e. The highest BCUT2D eigenvalue weighted by Crippen LogP contribution is 2.10. The fraction of sp³-hybridized carbons (Fsp3) is 0.500. The maximum atomic E-state index is 11.6. The molecule has 0 spiro atoms. The summed E-state index contributed by atoms with van der Waals surface area (Å²) in [5, 5.41) is 8.62. The molecule has 0 aliphatic rings. The number of guanidine groups is 1. The molecule has 0 saturated carbocycles. The van der Waals surface area contributed by atoms with Gasteiger partial charge in [0, 0.05) is 18.3 Å². The van der Waals surface area contributed by atoms with Crippen LogP contribution in [0, 0.1) is 5.92 Å². The highest BCUT2D eigenvalue weighted by molar-refractivity contribution is 14.0. The molecule has 1 aromatic rings. The Morgan fingerprint density at radius 1 is 1.17 bits per heavy atom. The number of urea groups is 1. The van der Waals surface area contributed by atoms with Gasteiger partial charge in [0.2, 0.25) is 0 Å². The van der Waals surface area contributed by atoms with E-state index in [9.17, 15) is 4.79 Å². The van der Waals surface area contributed by atoms with E-state index in [1.54, 1.807) is 0 Å². The van der Waals surface area contributed by atoms with Crippen LogP contribution in [0.1, 0.15) is 33.3 Å². The summed E-state index contributed by atoms with van der Waals surface area (Å²) in [6.45, 7) is 9.37. The van der Waals surface area contributed by atoms with Gasteiger partial charge in [-0.05, 0) is 37.5 Å². The van der Waals surface area contributed by atoms with Gasteiger partial charge < -0.3 is 21.7 Å². The summed E-state index contributed by atoms with van der Waals surface area (Å²) < 4.78 is 0. The number of nitrogens with zero attached hydrogens (tertiary/aromatic N) is 1. The van der Waals surface area contributed by atoms with E-state index in [1.165, 1.54) is 0 Å². The number of anilines is 1. The number of rotatable bonds is 6. The van der Waals surface area contributed by atoms with Crippen molar-refractivity contribution >= 4 is 41.7 Å². The second kappa shape index (κ2) is 11.1. The molecule has 0 radical (unpaired) electrons. The molecule has 1 aromatic carbocycles. The predicted molar refractivity (Wildman–Crippen MR) is 107 cm³/mol. The molecule has 0 aromatic heterocycles. The zero-order valence-electron chi connectivity index (χ0n) is 14.2. The Kier molecular flexibility index (Phi) is 10.4. The molecule has 2 amide bonds. The Bertz CT molecular complexity index is 500. The fourth-order valence-corrected chi connectivity index (χ4v) is 1.66. The Labute approximate surface area is 155 Å². The van der Waals surface area contributed by atoms with Gasteiger partial charge >= 0.3 is 6.03 Å². The number of benzene rings is 1. The van der Waals surface area contributed by atoms with Crippen LogP contribution in [0.3, 0.4) is 0 Å². The van der Waals surface area contributed by atoms with Gasteiger partial charge in [-0.2, -0.15) is 0 Å². The highest BCUT2D eigenvalue weighted by Gasteiger charge is 2.03. The minimum atomic E-state index is -0.206. The van der Waals surface area contributed by atoms with Crippen molar-refractivity contribution in [2.45, 2.75) is 40.3 Å². The molecular formula is C16H28IN5O. The number of hydrogen-bond donors (Lipinski definition) is 4. The van der Waals surface area contributed by atoms with Crippen LogP contribution < -0.4 is 21.7 Å². The Morgan fingerprint density at radius 3 is 2.30 bits per heavy atom. The number of carbonyl (C=O) groups excluding carboxylic acids is 1. The molecule has 0 saturated heterocycles. The molecule has 7 heteroatoms. The lowest BCUT2D eigenvalue weighted by atomic mass is 10.2. The Balaban J connectivity index is 0.00000484. The molecule has 1 rings (SSSR count). The van der Waals surface area contributed by atoms with Gasteiger partial charge in [-0.25, -0.2) is 9.79 Å². The highest BCUT2D eigenvalue weighted by atomic mass is 127. The van der Waals surface area contributed by atoms with Crippen molar-refractivity contribution in [3.63, 3.8) is 0 Å². The molecule has 0 bridgehead atoms. The molecular weight excluding hydrogens is 405 g/mol. The normalized spacial score (nSPS) is 11.1. The molecule has 6 nitrogen and oxygen atoms in total. The van der Waals surface area contributed by atoms with E-state index >= 15 is 0 Å². The van der Waals surface area contributed by atoms with Crippen molar-refractivity contribution in [3.8, 4) is 0 Å². The lowest BCUT2D eigenvalue weighted by Crippen LogP contribution is -2.34. The fourth-order valence-electron chi connectivity index (χ4n) is 1.66. The van der Waals surface area contributed by atoms with Crippen molar-refractivity contribution in [1.82, 2.24) is 10.6 Å². The average Bonchev–Trinajstić information content (AvgIpc) is 2.43. The van der Waals surface area contributed by atoms with Crippen LogP contribution in [0.2, 0.25) is 0 Å². The van der Waals surface area contributed by atoms with E-state index in [1.807, 2.05) is 38.1 Å². The summed E-state index contributed by atoms with van der Waals surface area (Å²) in [5.41, 5.74) is 7.56. The molecule has 23 heavy (non-hydrogen) atoms. The first-order valence-corrected chi connectivity index (χ1v) is 7.57. The number of nitrogens with two attached hydrogens (primary N) is 1. The van der Waals surface area contributed by atoms with Crippen molar-refractivity contribution < 1.29 is 4.79 Å². The monoisotopic (exact) mass is 433 g/mol. The zero-order chi connectivity index (χ0) is 16.5. The van der Waals surface area contributed by atoms with Crippen LogP contribution in [0.25, 0.3) is 0 Å². The summed E-state index contributed by atoms with van der Waals surface area (Å²) >= 11 is 0. The predicted octanol–water partition coefficient (Wildman–Crippen LogP) is 2.89. The van der Waals surface area contributed by atoms with E-state index < -0.39 is 0 Å². The molecule has 0 heterocycles. The van der Waals surface area contributed by atoms with Crippen LogP contribution in [-0.4, -0.2) is 24.6 Å². The summed E-state index contributed by atoms with van der Waals surface area (Å²) in [7, 11) is 0. The quantitative estimate of drug-likeness (QED) is 0.316. The van der Waals surface area contributed by atoms with Crippen molar-refractivity contribution in [3.05, 3.63) is 29.8 Å². The molecule has 0 aliphatic carbocycles. The third-order valence-electron chi connectivity index (χ3n) is 2.75. The van der Waals surface area contributed by atoms with E-state index in [4.69, 9.17) is 5.73 Å². The van der Waals surface area contributed by atoms with Crippen LogP contribution in [0.5, 0.6) is 0 Å². The van der Waals surface area contributed by atoms with Crippen LogP contribution in [-0.2, 0) is 6.54 Å². The topological polar surface area (TPSA) is 91.5 Å². The Morgan fingerprint density at radius 2 is 1.78 bits per heavy atom. The number of aliphatic imine (C=N–C) groups is 1. The first kappa shape index (κ1) is 21.5. The van der Waals surface area contributed by atoms with Crippen LogP contribution in [0.15, 0.2) is 29.3 Å². The largest absolute Gasteiger partial charge is 0.370 e. The standard InChI is InChI=1S/C16H27N5O.HI/c1-11(2)9-18-15(17)19-10-13-5-7-14(8-6-13)21-16(22)20-12(3)4;/h5-8,11-12H,9-10H2,1-4H3,(H3,17,18,19)(H2,20,21,22);1H. The number of carbonyl (C=O) groups is 1. The maximum absolute atomic E-state index is 11.6. The molecule has 0 aliphatic heterocycles. The van der Waals surface area contributed by atoms with E-state index in [0.717, 1.165) is 17.8 Å². The number of halogens is 1. The number of hydrogen-bond acceptors (Lipinski definition) is 2. The minimum Gasteiger partial charge on any atom is -0.370 e. The van der Waals surface area contributed by atoms with Crippen molar-refractivity contribution in [1.29, 1.82) is 0 Å². The molecule has 0 atom stereocenters. The van der Waals surface area contributed by atoms with Gasteiger partial charge in [-0.15, -0.1) is 24.0 Å². The van der Waals surface area contributed by atoms with Gasteiger partial charge in [0.1, 0.15) is 0 Å². The molecule has 0 unspecified atom stereocenters.